The summed E-state index contributed by atoms with van der Waals surface area (Å²) in [6, 6.07) is 0.420. The average molecular weight is 439 g/mol. The first-order valence-corrected chi connectivity index (χ1v) is 8.63. The van der Waals surface area contributed by atoms with Crippen LogP contribution in [0.1, 0.15) is 32.1 Å². The Morgan fingerprint density at radius 3 is 2.87 bits per heavy atom. The Balaban J connectivity index is 0.00000192. The van der Waals surface area contributed by atoms with E-state index in [-0.39, 0.29) is 24.0 Å². The second-order valence-corrected chi connectivity index (χ2v) is 6.52. The quantitative estimate of drug-likeness (QED) is 0.273. The first-order chi connectivity index (χ1) is 10.8. The van der Waals surface area contributed by atoms with Gasteiger partial charge in [-0.2, -0.15) is 0 Å². The molecule has 6 nitrogen and oxygen atoms in total. The molecule has 3 saturated heterocycles. The van der Waals surface area contributed by atoms with Gasteiger partial charge in [0.25, 0.3) is 0 Å². The molecule has 4 atom stereocenters. The number of nitrogens with zero attached hydrogens (tertiary/aromatic N) is 1. The van der Waals surface area contributed by atoms with Crippen molar-refractivity contribution in [2.75, 3.05) is 40.0 Å². The number of aliphatic imine (C=N–C) groups is 1. The molecule has 2 bridgehead atoms. The fourth-order valence-electron chi connectivity index (χ4n) is 3.51. The highest BCUT2D eigenvalue weighted by Gasteiger charge is 2.41. The number of hydrogen-bond acceptors (Lipinski definition) is 4. The Bertz CT molecular complexity index is 378. The summed E-state index contributed by atoms with van der Waals surface area (Å²) < 4.78 is 16.9. The summed E-state index contributed by atoms with van der Waals surface area (Å²) in [5.74, 6) is 1.48. The zero-order valence-corrected chi connectivity index (χ0v) is 16.3. The lowest BCUT2D eigenvalue weighted by atomic mass is 9.96. The summed E-state index contributed by atoms with van der Waals surface area (Å²) in [5.41, 5.74) is 0. The van der Waals surface area contributed by atoms with E-state index in [0.717, 1.165) is 58.2 Å². The molecular weight excluding hydrogens is 409 g/mol. The van der Waals surface area contributed by atoms with Crippen LogP contribution in [0.2, 0.25) is 0 Å². The second kappa shape index (κ2) is 10.0. The van der Waals surface area contributed by atoms with Crippen LogP contribution in [-0.4, -0.2) is 64.2 Å². The number of guanidine groups is 1. The molecule has 2 N–H and O–H groups in total. The SMILES string of the molecule is CN=C(NCCCOCC1CCOC1)NC1CC2CCC1O2.I. The van der Waals surface area contributed by atoms with E-state index in [2.05, 4.69) is 15.6 Å². The molecule has 134 valence electrons. The van der Waals surface area contributed by atoms with Gasteiger partial charge in [0.05, 0.1) is 31.5 Å². The lowest BCUT2D eigenvalue weighted by Gasteiger charge is -2.22. The Labute approximate surface area is 156 Å². The van der Waals surface area contributed by atoms with Crippen molar-refractivity contribution in [2.45, 2.75) is 50.4 Å². The summed E-state index contributed by atoms with van der Waals surface area (Å²) in [7, 11) is 1.82. The highest BCUT2D eigenvalue weighted by molar-refractivity contribution is 14.0. The van der Waals surface area contributed by atoms with Crippen LogP contribution < -0.4 is 10.6 Å². The van der Waals surface area contributed by atoms with Crippen LogP contribution in [0.15, 0.2) is 4.99 Å². The molecule has 3 fully saturated rings. The number of hydrogen-bond donors (Lipinski definition) is 2. The summed E-state index contributed by atoms with van der Waals surface area (Å²) in [4.78, 5) is 4.30. The lowest BCUT2D eigenvalue weighted by Crippen LogP contribution is -2.47. The second-order valence-electron chi connectivity index (χ2n) is 6.52. The van der Waals surface area contributed by atoms with Gasteiger partial charge in [-0.05, 0) is 32.1 Å². The van der Waals surface area contributed by atoms with E-state index in [1.807, 2.05) is 7.05 Å². The molecule has 3 heterocycles. The van der Waals surface area contributed by atoms with E-state index in [0.29, 0.717) is 24.2 Å². The monoisotopic (exact) mass is 439 g/mol. The van der Waals surface area contributed by atoms with E-state index in [1.54, 1.807) is 0 Å². The molecule has 0 aromatic carbocycles. The van der Waals surface area contributed by atoms with E-state index in [9.17, 15) is 0 Å². The first-order valence-electron chi connectivity index (χ1n) is 8.63. The number of fused-ring (bicyclic) bond motifs is 2. The van der Waals surface area contributed by atoms with Gasteiger partial charge >= 0.3 is 0 Å². The topological polar surface area (TPSA) is 64.1 Å². The minimum absolute atomic E-state index is 0. The van der Waals surface area contributed by atoms with Gasteiger partial charge in [0, 0.05) is 32.7 Å². The Kier molecular flexibility index (Phi) is 8.35. The zero-order chi connectivity index (χ0) is 15.2. The molecular formula is C16H30IN3O3. The summed E-state index contributed by atoms with van der Waals surface area (Å²) in [5, 5.41) is 6.85. The Morgan fingerprint density at radius 1 is 1.30 bits per heavy atom. The number of halogens is 1. The minimum Gasteiger partial charge on any atom is -0.381 e. The van der Waals surface area contributed by atoms with E-state index in [1.165, 1.54) is 12.8 Å². The van der Waals surface area contributed by atoms with Gasteiger partial charge in [0.15, 0.2) is 5.96 Å². The third kappa shape index (κ3) is 5.72. The van der Waals surface area contributed by atoms with Crippen LogP contribution in [0.4, 0.5) is 0 Å². The highest BCUT2D eigenvalue weighted by Crippen LogP contribution is 2.34. The molecule has 7 heteroatoms. The molecule has 3 aliphatic rings. The van der Waals surface area contributed by atoms with Crippen LogP contribution in [0.5, 0.6) is 0 Å². The maximum absolute atomic E-state index is 5.86. The van der Waals surface area contributed by atoms with E-state index in [4.69, 9.17) is 14.2 Å². The number of ether oxygens (including phenoxy) is 3. The third-order valence-electron chi connectivity index (χ3n) is 4.79. The molecule has 4 unspecified atom stereocenters. The van der Waals surface area contributed by atoms with Crippen LogP contribution in [0.3, 0.4) is 0 Å². The molecule has 0 aromatic heterocycles. The van der Waals surface area contributed by atoms with Crippen molar-refractivity contribution >= 4 is 29.9 Å². The summed E-state index contributed by atoms with van der Waals surface area (Å²) in [6.07, 6.45) is 6.48. The van der Waals surface area contributed by atoms with Gasteiger partial charge < -0.3 is 24.8 Å². The van der Waals surface area contributed by atoms with Crippen molar-refractivity contribution in [3.8, 4) is 0 Å². The minimum atomic E-state index is 0. The molecule has 0 spiro atoms. The Hall–Kier alpha value is -0.120. The number of nitrogens with one attached hydrogen (secondary N) is 2. The largest absolute Gasteiger partial charge is 0.381 e. The smallest absolute Gasteiger partial charge is 0.191 e. The molecule has 23 heavy (non-hydrogen) atoms. The van der Waals surface area contributed by atoms with E-state index >= 15 is 0 Å². The fraction of sp³-hybridized carbons (Fsp3) is 0.938. The van der Waals surface area contributed by atoms with Gasteiger partial charge in [-0.1, -0.05) is 0 Å². The summed E-state index contributed by atoms with van der Waals surface area (Å²) >= 11 is 0. The third-order valence-corrected chi connectivity index (χ3v) is 4.79. The normalized spacial score (nSPS) is 32.8. The van der Waals surface area contributed by atoms with Gasteiger partial charge in [-0.3, -0.25) is 4.99 Å². The maximum atomic E-state index is 5.86. The molecule has 0 saturated carbocycles. The van der Waals surface area contributed by atoms with Crippen LogP contribution in [-0.2, 0) is 14.2 Å². The molecule has 0 radical (unpaired) electrons. The van der Waals surface area contributed by atoms with Gasteiger partial charge in [0.2, 0.25) is 0 Å². The summed E-state index contributed by atoms with van der Waals surface area (Å²) in [6.45, 7) is 4.25. The highest BCUT2D eigenvalue weighted by atomic mass is 127. The van der Waals surface area contributed by atoms with E-state index < -0.39 is 0 Å². The molecule has 0 aliphatic carbocycles. The van der Waals surface area contributed by atoms with Crippen molar-refractivity contribution in [1.29, 1.82) is 0 Å². The van der Waals surface area contributed by atoms with Crippen LogP contribution in [0.25, 0.3) is 0 Å². The zero-order valence-electron chi connectivity index (χ0n) is 14.0. The molecule has 0 amide bonds. The van der Waals surface area contributed by atoms with Gasteiger partial charge in [0.1, 0.15) is 0 Å². The van der Waals surface area contributed by atoms with Crippen molar-refractivity contribution < 1.29 is 14.2 Å². The van der Waals surface area contributed by atoms with Crippen molar-refractivity contribution in [1.82, 2.24) is 10.6 Å². The Morgan fingerprint density at radius 2 is 2.22 bits per heavy atom. The van der Waals surface area contributed by atoms with Gasteiger partial charge in [-0.15, -0.1) is 24.0 Å². The predicted molar refractivity (Wildman–Crippen MR) is 101 cm³/mol. The van der Waals surface area contributed by atoms with Crippen molar-refractivity contribution in [3.05, 3.63) is 0 Å². The van der Waals surface area contributed by atoms with Crippen molar-refractivity contribution in [3.63, 3.8) is 0 Å². The average Bonchev–Trinajstić information content (AvgIpc) is 3.26. The standard InChI is InChI=1S/C16H29N3O3.HI/c1-17-16(19-14-9-13-3-4-15(14)22-13)18-6-2-7-20-10-12-5-8-21-11-12;/h12-15H,2-11H2,1H3,(H2,17,18,19);1H. The predicted octanol–water partition coefficient (Wildman–Crippen LogP) is 1.53. The van der Waals surface area contributed by atoms with Crippen LogP contribution in [0, 0.1) is 5.92 Å². The maximum Gasteiger partial charge on any atom is 0.191 e. The molecule has 3 rings (SSSR count). The lowest BCUT2D eigenvalue weighted by molar-refractivity contribution is 0.0887. The first kappa shape index (κ1) is 19.2. The van der Waals surface area contributed by atoms with Crippen molar-refractivity contribution in [2.24, 2.45) is 10.9 Å². The molecule has 3 aliphatic heterocycles. The van der Waals surface area contributed by atoms with Gasteiger partial charge in [-0.25, -0.2) is 0 Å². The number of rotatable bonds is 7. The fourth-order valence-corrected chi connectivity index (χ4v) is 3.51. The van der Waals surface area contributed by atoms with Crippen LogP contribution >= 0.6 is 24.0 Å². The molecule has 0 aromatic rings.